The Bertz CT molecular complexity index is 631. The fourth-order valence-electron chi connectivity index (χ4n) is 2.01. The highest BCUT2D eigenvalue weighted by Gasteiger charge is 2.04. The van der Waals surface area contributed by atoms with E-state index in [2.05, 4.69) is 11.4 Å². The third kappa shape index (κ3) is 4.22. The van der Waals surface area contributed by atoms with Crippen LogP contribution in [0.4, 0.5) is 0 Å². The zero-order chi connectivity index (χ0) is 15.1. The van der Waals surface area contributed by atoms with Crippen LogP contribution >= 0.6 is 11.3 Å². The summed E-state index contributed by atoms with van der Waals surface area (Å²) in [4.78, 5) is 1.18. The van der Waals surface area contributed by atoms with Gasteiger partial charge in [0.1, 0.15) is 6.07 Å². The lowest BCUT2D eigenvalue weighted by molar-refractivity contribution is 0.354. The van der Waals surface area contributed by atoms with Crippen LogP contribution in [0.1, 0.15) is 16.0 Å². The Kier molecular flexibility index (Phi) is 5.61. The van der Waals surface area contributed by atoms with Gasteiger partial charge < -0.3 is 14.8 Å². The summed E-state index contributed by atoms with van der Waals surface area (Å²) in [5.41, 5.74) is 1.93. The first-order chi connectivity index (χ1) is 10.3. The number of hydrogen-bond acceptors (Lipinski definition) is 5. The lowest BCUT2D eigenvalue weighted by Gasteiger charge is -2.09. The summed E-state index contributed by atoms with van der Waals surface area (Å²) in [5.74, 6) is 1.50. The van der Waals surface area contributed by atoms with Crippen molar-refractivity contribution in [2.75, 3.05) is 20.8 Å². The van der Waals surface area contributed by atoms with Crippen LogP contribution in [0.2, 0.25) is 0 Å². The predicted octanol–water partition coefficient (Wildman–Crippen LogP) is 2.97. The third-order valence-electron chi connectivity index (χ3n) is 3.12. The fraction of sp³-hybridized carbons (Fsp3) is 0.312. The minimum Gasteiger partial charge on any atom is -0.493 e. The van der Waals surface area contributed by atoms with Crippen molar-refractivity contribution >= 4 is 11.3 Å². The van der Waals surface area contributed by atoms with Crippen LogP contribution in [-0.4, -0.2) is 20.8 Å². The van der Waals surface area contributed by atoms with E-state index in [9.17, 15) is 0 Å². The number of rotatable bonds is 7. The number of ether oxygens (including phenoxy) is 2. The van der Waals surface area contributed by atoms with Crippen LogP contribution in [0, 0.1) is 11.3 Å². The molecule has 5 heteroatoms. The average molecular weight is 302 g/mol. The molecule has 0 fully saturated rings. The molecule has 0 atom stereocenters. The van der Waals surface area contributed by atoms with Gasteiger partial charge in [0.05, 0.1) is 19.8 Å². The van der Waals surface area contributed by atoms with Crippen molar-refractivity contribution in [2.24, 2.45) is 0 Å². The van der Waals surface area contributed by atoms with E-state index in [1.165, 1.54) is 10.4 Å². The van der Waals surface area contributed by atoms with Crippen molar-refractivity contribution in [3.05, 3.63) is 45.6 Å². The molecule has 2 rings (SSSR count). The van der Waals surface area contributed by atoms with Crippen molar-refractivity contribution in [3.63, 3.8) is 0 Å². The van der Waals surface area contributed by atoms with Crippen LogP contribution in [0.3, 0.4) is 0 Å². The van der Waals surface area contributed by atoms with Crippen LogP contribution in [0.5, 0.6) is 11.5 Å². The fourth-order valence-corrected chi connectivity index (χ4v) is 2.79. The molecular weight excluding hydrogens is 284 g/mol. The van der Waals surface area contributed by atoms with E-state index in [0.717, 1.165) is 36.6 Å². The summed E-state index contributed by atoms with van der Waals surface area (Å²) in [6, 6.07) is 10.0. The Balaban J connectivity index is 1.82. The molecule has 0 bridgehead atoms. The molecule has 1 heterocycles. The van der Waals surface area contributed by atoms with Gasteiger partial charge in [0.15, 0.2) is 11.5 Å². The summed E-state index contributed by atoms with van der Waals surface area (Å²) in [6.45, 7) is 1.66. The van der Waals surface area contributed by atoms with Gasteiger partial charge in [0.2, 0.25) is 0 Å². The van der Waals surface area contributed by atoms with Gasteiger partial charge >= 0.3 is 0 Å². The molecule has 1 aromatic heterocycles. The molecule has 0 spiro atoms. The molecule has 0 saturated heterocycles. The molecule has 0 amide bonds. The first kappa shape index (κ1) is 15.4. The lowest BCUT2D eigenvalue weighted by Crippen LogP contribution is -2.16. The van der Waals surface area contributed by atoms with E-state index in [4.69, 9.17) is 14.7 Å². The van der Waals surface area contributed by atoms with Crippen LogP contribution in [0.25, 0.3) is 0 Å². The normalized spacial score (nSPS) is 10.1. The minimum absolute atomic E-state index is 0.733. The molecule has 0 unspecified atom stereocenters. The summed E-state index contributed by atoms with van der Waals surface area (Å²) < 4.78 is 10.5. The second-order valence-corrected chi connectivity index (χ2v) is 5.53. The van der Waals surface area contributed by atoms with Gasteiger partial charge in [-0.2, -0.15) is 5.26 Å². The van der Waals surface area contributed by atoms with E-state index in [-0.39, 0.29) is 0 Å². The highest BCUT2D eigenvalue weighted by molar-refractivity contribution is 7.10. The SMILES string of the molecule is COc1ccc(CCNCc2cc(C#N)cs2)cc1OC. The van der Waals surface area contributed by atoms with Crippen molar-refractivity contribution in [1.29, 1.82) is 5.26 Å². The first-order valence-corrected chi connectivity index (χ1v) is 7.54. The molecule has 1 N–H and O–H groups in total. The third-order valence-corrected chi connectivity index (χ3v) is 4.06. The Labute approximate surface area is 128 Å². The van der Waals surface area contributed by atoms with Crippen molar-refractivity contribution in [3.8, 4) is 17.6 Å². The number of nitrogens with one attached hydrogen (secondary N) is 1. The molecule has 0 aliphatic carbocycles. The van der Waals surface area contributed by atoms with Crippen LogP contribution < -0.4 is 14.8 Å². The largest absolute Gasteiger partial charge is 0.493 e. The second-order valence-electron chi connectivity index (χ2n) is 4.53. The number of thiophene rings is 1. The molecule has 4 nitrogen and oxygen atoms in total. The average Bonchev–Trinajstić information content (AvgIpc) is 2.99. The molecule has 110 valence electrons. The van der Waals surface area contributed by atoms with Crippen molar-refractivity contribution in [1.82, 2.24) is 5.32 Å². The van der Waals surface area contributed by atoms with Crippen molar-refractivity contribution < 1.29 is 9.47 Å². The van der Waals surface area contributed by atoms with Gasteiger partial charge in [-0.3, -0.25) is 0 Å². The molecule has 2 aromatic rings. The number of hydrogen-bond donors (Lipinski definition) is 1. The number of benzene rings is 1. The smallest absolute Gasteiger partial charge is 0.160 e. The Morgan fingerprint density at radius 1 is 1.19 bits per heavy atom. The minimum atomic E-state index is 0.733. The van der Waals surface area contributed by atoms with Crippen molar-refractivity contribution in [2.45, 2.75) is 13.0 Å². The van der Waals surface area contributed by atoms with E-state index >= 15 is 0 Å². The Morgan fingerprint density at radius 2 is 2.00 bits per heavy atom. The summed E-state index contributed by atoms with van der Waals surface area (Å²) in [6.07, 6.45) is 0.914. The van der Waals surface area contributed by atoms with Gasteiger partial charge in [-0.1, -0.05) is 6.07 Å². The molecule has 0 aliphatic rings. The highest BCUT2D eigenvalue weighted by atomic mass is 32.1. The molecule has 1 aromatic carbocycles. The maximum atomic E-state index is 8.78. The zero-order valence-electron chi connectivity index (χ0n) is 12.2. The van der Waals surface area contributed by atoms with Gasteiger partial charge in [0.25, 0.3) is 0 Å². The monoisotopic (exact) mass is 302 g/mol. The summed E-state index contributed by atoms with van der Waals surface area (Å²) in [7, 11) is 3.28. The standard InChI is InChI=1S/C16H18N2O2S/c1-19-15-4-3-12(8-16(15)20-2)5-6-18-10-14-7-13(9-17)11-21-14/h3-4,7-8,11,18H,5-6,10H2,1-2H3. The van der Waals surface area contributed by atoms with Crippen LogP contribution in [0.15, 0.2) is 29.6 Å². The molecule has 0 aliphatic heterocycles. The molecule has 0 saturated carbocycles. The number of nitrogens with zero attached hydrogens (tertiary/aromatic N) is 1. The van der Waals surface area contributed by atoms with Gasteiger partial charge in [-0.05, 0) is 36.7 Å². The zero-order valence-corrected chi connectivity index (χ0v) is 13.0. The van der Waals surface area contributed by atoms with Gasteiger partial charge in [-0.15, -0.1) is 11.3 Å². The molecule has 21 heavy (non-hydrogen) atoms. The summed E-state index contributed by atoms with van der Waals surface area (Å²) in [5, 5.41) is 14.0. The van der Waals surface area contributed by atoms with E-state index in [1.807, 2.05) is 29.6 Å². The Hall–Kier alpha value is -2.03. The topological polar surface area (TPSA) is 54.3 Å². The molecule has 0 radical (unpaired) electrons. The quantitative estimate of drug-likeness (QED) is 0.799. The number of nitriles is 1. The van der Waals surface area contributed by atoms with E-state index in [0.29, 0.717) is 0 Å². The van der Waals surface area contributed by atoms with Crippen LogP contribution in [-0.2, 0) is 13.0 Å². The van der Waals surface area contributed by atoms with E-state index in [1.54, 1.807) is 25.6 Å². The van der Waals surface area contributed by atoms with Gasteiger partial charge in [-0.25, -0.2) is 0 Å². The molecular formula is C16H18N2O2S. The van der Waals surface area contributed by atoms with E-state index < -0.39 is 0 Å². The Morgan fingerprint density at radius 3 is 2.67 bits per heavy atom. The van der Waals surface area contributed by atoms with Gasteiger partial charge in [0, 0.05) is 16.8 Å². The highest BCUT2D eigenvalue weighted by Crippen LogP contribution is 2.27. The predicted molar refractivity (Wildman–Crippen MR) is 84.0 cm³/mol. The lowest BCUT2D eigenvalue weighted by atomic mass is 10.1. The maximum absolute atomic E-state index is 8.78. The second kappa shape index (κ2) is 7.67. The maximum Gasteiger partial charge on any atom is 0.160 e. The summed E-state index contributed by atoms with van der Waals surface area (Å²) >= 11 is 1.61. The first-order valence-electron chi connectivity index (χ1n) is 6.66. The number of methoxy groups -OCH3 is 2.